The number of nitrogen functional groups attached to an aromatic ring is 1. The number of hydrogen-bond donors (Lipinski definition) is 3. The van der Waals surface area contributed by atoms with Crippen LogP contribution in [0.1, 0.15) is 36.1 Å². The maximum Gasteiger partial charge on any atom is 0.190 e. The molecule has 0 amide bonds. The number of anilines is 1. The fourth-order valence-electron chi connectivity index (χ4n) is 3.16. The van der Waals surface area contributed by atoms with Crippen LogP contribution >= 0.6 is 11.3 Å². The Bertz CT molecular complexity index is 1050. The second kappa shape index (κ2) is 10.6. The summed E-state index contributed by atoms with van der Waals surface area (Å²) in [5.74, 6) is 1.05. The van der Waals surface area contributed by atoms with Crippen molar-refractivity contribution < 1.29 is 4.39 Å². The molecule has 7 nitrogen and oxygen atoms in total. The number of hydrogen-bond acceptors (Lipinski definition) is 5. The quantitative estimate of drug-likeness (QED) is 0.283. The molecule has 0 spiro atoms. The third kappa shape index (κ3) is 5.61. The normalized spacial score (nSPS) is 12.4. The fraction of sp³-hybridized carbons (Fsp3) is 0.318. The van der Waals surface area contributed by atoms with Crippen LogP contribution in [0.4, 0.5) is 10.2 Å². The van der Waals surface area contributed by atoms with Crippen LogP contribution in [0.2, 0.25) is 0 Å². The Balaban J connectivity index is 1.53. The molecule has 0 aliphatic carbocycles. The molecule has 0 aliphatic rings. The Morgan fingerprint density at radius 1 is 1.32 bits per heavy atom. The third-order valence-electron chi connectivity index (χ3n) is 4.97. The van der Waals surface area contributed by atoms with Gasteiger partial charge in [-0.05, 0) is 65.4 Å². The number of rotatable bonds is 8. The van der Waals surface area contributed by atoms with Gasteiger partial charge in [-0.15, -0.1) is 0 Å². The van der Waals surface area contributed by atoms with Crippen LogP contribution in [0.15, 0.2) is 46.1 Å². The number of thiophene rings is 1. The van der Waals surface area contributed by atoms with Crippen molar-refractivity contribution in [2.45, 2.75) is 25.7 Å². The van der Waals surface area contributed by atoms with E-state index in [4.69, 9.17) is 5.73 Å². The lowest BCUT2D eigenvalue weighted by Gasteiger charge is -2.15. The minimum Gasteiger partial charge on any atom is -0.382 e. The molecule has 0 aliphatic heterocycles. The second-order valence-corrected chi connectivity index (χ2v) is 7.93. The average Bonchev–Trinajstić information content (AvgIpc) is 3.42. The molecular weight excluding hydrogens is 413 g/mol. The van der Waals surface area contributed by atoms with Crippen LogP contribution in [0.5, 0.6) is 0 Å². The van der Waals surface area contributed by atoms with Gasteiger partial charge in [0.05, 0.1) is 11.4 Å². The molecule has 0 radical (unpaired) electrons. The Morgan fingerprint density at radius 3 is 2.74 bits per heavy atom. The number of halogens is 1. The van der Waals surface area contributed by atoms with E-state index in [1.807, 2.05) is 0 Å². The van der Waals surface area contributed by atoms with Crippen LogP contribution in [0.25, 0.3) is 5.69 Å². The molecule has 2 heterocycles. The first kappa shape index (κ1) is 22.3. The minimum absolute atomic E-state index is 0.261. The topological polar surface area (TPSA) is 104 Å². The van der Waals surface area contributed by atoms with Crippen LogP contribution in [0.3, 0.4) is 0 Å². The molecule has 31 heavy (non-hydrogen) atoms. The summed E-state index contributed by atoms with van der Waals surface area (Å²) in [6, 6.07) is 10.1. The number of benzene rings is 1. The molecule has 2 aromatic heterocycles. The highest BCUT2D eigenvalue weighted by atomic mass is 32.1. The molecule has 0 fully saturated rings. The van der Waals surface area contributed by atoms with Gasteiger partial charge in [0.15, 0.2) is 5.96 Å². The Morgan fingerprint density at radius 2 is 2.10 bits per heavy atom. The van der Waals surface area contributed by atoms with Gasteiger partial charge >= 0.3 is 0 Å². The molecule has 1 unspecified atom stereocenters. The number of aromatic nitrogens is 2. The fourth-order valence-corrected chi connectivity index (χ4v) is 3.94. The third-order valence-corrected chi connectivity index (χ3v) is 5.67. The van der Waals surface area contributed by atoms with Crippen LogP contribution < -0.4 is 16.4 Å². The molecular formula is C22H26FN7S. The zero-order valence-corrected chi connectivity index (χ0v) is 18.4. The van der Waals surface area contributed by atoms with Crippen molar-refractivity contribution in [1.82, 2.24) is 20.4 Å². The van der Waals surface area contributed by atoms with E-state index in [-0.39, 0.29) is 11.6 Å². The molecule has 1 aromatic carbocycles. The van der Waals surface area contributed by atoms with E-state index in [1.165, 1.54) is 22.4 Å². The number of aryl methyl sites for hydroxylation is 1. The zero-order valence-electron chi connectivity index (χ0n) is 17.6. The predicted octanol–water partition coefficient (Wildman–Crippen LogP) is 3.43. The number of nitrogens with two attached hydrogens (primary N) is 1. The van der Waals surface area contributed by atoms with Crippen molar-refractivity contribution in [3.05, 3.63) is 63.7 Å². The lowest BCUT2D eigenvalue weighted by Crippen LogP contribution is -2.39. The molecule has 3 rings (SSSR count). The monoisotopic (exact) mass is 439 g/mol. The number of nitrogens with zero attached hydrogens (tertiary/aromatic N) is 4. The highest BCUT2D eigenvalue weighted by molar-refractivity contribution is 7.07. The molecule has 1 atom stereocenters. The zero-order chi connectivity index (χ0) is 22.2. The van der Waals surface area contributed by atoms with Gasteiger partial charge in [-0.3, -0.25) is 4.99 Å². The van der Waals surface area contributed by atoms with Gasteiger partial charge in [0.25, 0.3) is 0 Å². The maximum absolute atomic E-state index is 13.2. The summed E-state index contributed by atoms with van der Waals surface area (Å²) in [5, 5.41) is 24.8. The summed E-state index contributed by atoms with van der Waals surface area (Å²) in [6.07, 6.45) is 1.33. The van der Waals surface area contributed by atoms with Crippen molar-refractivity contribution in [1.29, 1.82) is 5.26 Å². The maximum atomic E-state index is 13.2. The molecule has 0 saturated carbocycles. The van der Waals surface area contributed by atoms with E-state index in [1.54, 1.807) is 30.5 Å². The smallest absolute Gasteiger partial charge is 0.190 e. The average molecular weight is 440 g/mol. The summed E-state index contributed by atoms with van der Waals surface area (Å²) in [4.78, 5) is 4.26. The summed E-state index contributed by atoms with van der Waals surface area (Å²) >= 11 is 1.70. The number of nitrogens with one attached hydrogen (secondary N) is 2. The molecule has 4 N–H and O–H groups in total. The van der Waals surface area contributed by atoms with E-state index in [9.17, 15) is 9.65 Å². The van der Waals surface area contributed by atoms with Gasteiger partial charge in [-0.25, -0.2) is 9.07 Å². The van der Waals surface area contributed by atoms with Crippen molar-refractivity contribution in [3.63, 3.8) is 0 Å². The molecule has 0 saturated heterocycles. The van der Waals surface area contributed by atoms with E-state index in [0.717, 1.165) is 18.9 Å². The highest BCUT2D eigenvalue weighted by Crippen LogP contribution is 2.21. The van der Waals surface area contributed by atoms with E-state index >= 15 is 0 Å². The molecule has 9 heteroatoms. The first-order valence-electron chi connectivity index (χ1n) is 10.0. The number of guanidine groups is 1. The standard InChI is InChI=1S/C22H26FN7S/c1-15(16-9-11-31-14-16)13-28-22(26-2)27-10-3-4-20-19(12-24)21(25)30(29-20)18-7-5-17(23)6-8-18/h5-9,11,14-15H,3-4,10,13,25H2,1-2H3,(H2,26,27,28). The van der Waals surface area contributed by atoms with Crippen molar-refractivity contribution >= 4 is 23.1 Å². The predicted molar refractivity (Wildman–Crippen MR) is 123 cm³/mol. The molecule has 0 bridgehead atoms. The largest absolute Gasteiger partial charge is 0.382 e. The minimum atomic E-state index is -0.340. The van der Waals surface area contributed by atoms with Gasteiger partial charge in [0, 0.05) is 20.1 Å². The summed E-state index contributed by atoms with van der Waals surface area (Å²) in [5.41, 5.74) is 9.02. The van der Waals surface area contributed by atoms with Crippen LogP contribution in [0, 0.1) is 17.1 Å². The Hall–Kier alpha value is -3.38. The van der Waals surface area contributed by atoms with Crippen molar-refractivity contribution in [3.8, 4) is 11.8 Å². The van der Waals surface area contributed by atoms with E-state index < -0.39 is 0 Å². The Labute approximate surface area is 185 Å². The number of nitriles is 1. The lowest BCUT2D eigenvalue weighted by atomic mass is 10.1. The first-order valence-corrected chi connectivity index (χ1v) is 11.0. The van der Waals surface area contributed by atoms with Gasteiger partial charge in [-0.1, -0.05) is 6.92 Å². The van der Waals surface area contributed by atoms with Crippen LogP contribution in [-0.4, -0.2) is 35.9 Å². The number of aliphatic imine (C=N–C) groups is 1. The van der Waals surface area contributed by atoms with E-state index in [0.29, 0.717) is 35.8 Å². The van der Waals surface area contributed by atoms with Gasteiger partial charge in [-0.2, -0.15) is 21.7 Å². The molecule has 162 valence electrons. The van der Waals surface area contributed by atoms with Gasteiger partial charge < -0.3 is 16.4 Å². The van der Waals surface area contributed by atoms with Gasteiger partial charge in [0.1, 0.15) is 23.3 Å². The SMILES string of the molecule is CN=C(NCCCc1nn(-c2ccc(F)cc2)c(N)c1C#N)NCC(C)c1ccsc1. The Kier molecular flexibility index (Phi) is 7.62. The summed E-state index contributed by atoms with van der Waals surface area (Å²) in [6.45, 7) is 3.63. The van der Waals surface area contributed by atoms with Crippen molar-refractivity contribution in [2.24, 2.45) is 4.99 Å². The van der Waals surface area contributed by atoms with E-state index in [2.05, 4.69) is 50.5 Å². The lowest BCUT2D eigenvalue weighted by molar-refractivity contribution is 0.627. The van der Waals surface area contributed by atoms with Crippen molar-refractivity contribution in [2.75, 3.05) is 25.9 Å². The summed E-state index contributed by atoms with van der Waals surface area (Å²) in [7, 11) is 1.74. The second-order valence-electron chi connectivity index (χ2n) is 7.15. The summed E-state index contributed by atoms with van der Waals surface area (Å²) < 4.78 is 14.7. The van der Waals surface area contributed by atoms with Crippen LogP contribution in [-0.2, 0) is 6.42 Å². The highest BCUT2D eigenvalue weighted by Gasteiger charge is 2.16. The first-order chi connectivity index (χ1) is 15.0. The van der Waals surface area contributed by atoms with Gasteiger partial charge in [0.2, 0.25) is 0 Å². The molecule has 3 aromatic rings.